The first-order valence-electron chi connectivity index (χ1n) is 8.02. The second-order valence-corrected chi connectivity index (χ2v) is 7.80. The summed E-state index contributed by atoms with van der Waals surface area (Å²) in [6.45, 7) is 8.93. The molecule has 1 aliphatic heterocycles. The van der Waals surface area contributed by atoms with E-state index in [2.05, 4.69) is 20.5 Å². The molecule has 22 heavy (non-hydrogen) atoms. The van der Waals surface area contributed by atoms with Gasteiger partial charge >= 0.3 is 0 Å². The van der Waals surface area contributed by atoms with Crippen molar-refractivity contribution in [1.82, 2.24) is 15.5 Å². The quantitative estimate of drug-likeness (QED) is 0.332. The fourth-order valence-corrected chi connectivity index (χ4v) is 3.00. The SMILES string of the molecule is CCNC(=NCCN1CCCCC1)NCCS(=O)(=O)CC.I. The van der Waals surface area contributed by atoms with Gasteiger partial charge in [-0.1, -0.05) is 13.3 Å². The maximum Gasteiger partial charge on any atom is 0.191 e. The van der Waals surface area contributed by atoms with Crippen molar-refractivity contribution in [2.45, 2.75) is 33.1 Å². The zero-order valence-electron chi connectivity index (χ0n) is 13.8. The number of guanidine groups is 1. The summed E-state index contributed by atoms with van der Waals surface area (Å²) in [6, 6.07) is 0. The van der Waals surface area contributed by atoms with Crippen molar-refractivity contribution in [3.63, 3.8) is 0 Å². The molecule has 1 heterocycles. The lowest BCUT2D eigenvalue weighted by molar-refractivity contribution is 0.235. The zero-order chi connectivity index (χ0) is 15.6. The summed E-state index contributed by atoms with van der Waals surface area (Å²) in [5, 5.41) is 6.24. The molecule has 2 N–H and O–H groups in total. The van der Waals surface area contributed by atoms with Crippen LogP contribution in [0.3, 0.4) is 0 Å². The Hall–Kier alpha value is -0.0900. The van der Waals surface area contributed by atoms with E-state index in [9.17, 15) is 8.42 Å². The molecule has 0 amide bonds. The van der Waals surface area contributed by atoms with Crippen molar-refractivity contribution in [2.24, 2.45) is 4.99 Å². The number of likely N-dealkylation sites (tertiary alicyclic amines) is 1. The largest absolute Gasteiger partial charge is 0.357 e. The van der Waals surface area contributed by atoms with Gasteiger partial charge in [0.05, 0.1) is 12.3 Å². The van der Waals surface area contributed by atoms with Gasteiger partial charge in [0.2, 0.25) is 0 Å². The lowest BCUT2D eigenvalue weighted by atomic mass is 10.1. The Morgan fingerprint density at radius 1 is 1.14 bits per heavy atom. The highest BCUT2D eigenvalue weighted by atomic mass is 127. The Morgan fingerprint density at radius 2 is 1.82 bits per heavy atom. The molecule has 0 aromatic carbocycles. The summed E-state index contributed by atoms with van der Waals surface area (Å²) in [6.07, 6.45) is 3.92. The molecule has 1 rings (SSSR count). The van der Waals surface area contributed by atoms with Gasteiger partial charge in [0, 0.05) is 25.4 Å². The van der Waals surface area contributed by atoms with E-state index in [0.717, 1.165) is 19.6 Å². The molecule has 0 spiro atoms. The number of nitrogens with one attached hydrogen (secondary N) is 2. The Morgan fingerprint density at radius 3 is 2.41 bits per heavy atom. The average molecular weight is 446 g/mol. The van der Waals surface area contributed by atoms with Crippen LogP contribution in [-0.2, 0) is 9.84 Å². The molecular formula is C14H31IN4O2S. The van der Waals surface area contributed by atoms with Crippen LogP contribution in [0.1, 0.15) is 33.1 Å². The van der Waals surface area contributed by atoms with Gasteiger partial charge in [-0.3, -0.25) is 4.99 Å². The summed E-state index contributed by atoms with van der Waals surface area (Å²) in [5.41, 5.74) is 0. The molecule has 0 aliphatic carbocycles. The van der Waals surface area contributed by atoms with E-state index in [1.54, 1.807) is 6.92 Å². The van der Waals surface area contributed by atoms with Crippen molar-refractivity contribution in [3.05, 3.63) is 0 Å². The van der Waals surface area contributed by atoms with Crippen LogP contribution in [0.25, 0.3) is 0 Å². The van der Waals surface area contributed by atoms with Crippen LogP contribution >= 0.6 is 24.0 Å². The van der Waals surface area contributed by atoms with Gasteiger partial charge in [-0.05, 0) is 32.9 Å². The normalized spacial score (nSPS) is 16.9. The van der Waals surface area contributed by atoms with Crippen LogP contribution in [0.2, 0.25) is 0 Å². The van der Waals surface area contributed by atoms with Crippen molar-refractivity contribution < 1.29 is 8.42 Å². The first kappa shape index (κ1) is 21.9. The fraction of sp³-hybridized carbons (Fsp3) is 0.929. The number of sulfone groups is 1. The highest BCUT2D eigenvalue weighted by molar-refractivity contribution is 14.0. The topological polar surface area (TPSA) is 73.8 Å². The van der Waals surface area contributed by atoms with Gasteiger partial charge in [-0.25, -0.2) is 8.42 Å². The number of piperidine rings is 1. The lowest BCUT2D eigenvalue weighted by Gasteiger charge is -2.25. The standard InChI is InChI=1S/C14H30N4O2S.HI/c1-3-15-14(17-9-13-21(19,20)4-2)16-8-12-18-10-6-5-7-11-18;/h3-13H2,1-2H3,(H2,15,16,17);1H. The van der Waals surface area contributed by atoms with Crippen LogP contribution in [0.15, 0.2) is 4.99 Å². The van der Waals surface area contributed by atoms with Crippen molar-refractivity contribution >= 4 is 39.8 Å². The molecule has 0 unspecified atom stereocenters. The number of hydrogen-bond donors (Lipinski definition) is 2. The summed E-state index contributed by atoms with van der Waals surface area (Å²) in [4.78, 5) is 6.95. The average Bonchev–Trinajstić information content (AvgIpc) is 2.48. The monoisotopic (exact) mass is 446 g/mol. The van der Waals surface area contributed by atoms with Crippen molar-refractivity contribution in [3.8, 4) is 0 Å². The van der Waals surface area contributed by atoms with Gasteiger partial charge in [0.15, 0.2) is 15.8 Å². The number of aliphatic imine (C=N–C) groups is 1. The van der Waals surface area contributed by atoms with Gasteiger partial charge in [-0.15, -0.1) is 24.0 Å². The molecule has 0 bridgehead atoms. The van der Waals surface area contributed by atoms with Crippen LogP contribution in [0.4, 0.5) is 0 Å². The first-order valence-corrected chi connectivity index (χ1v) is 9.84. The maximum atomic E-state index is 11.5. The minimum absolute atomic E-state index is 0. The summed E-state index contributed by atoms with van der Waals surface area (Å²) in [7, 11) is -2.92. The molecule has 0 aromatic heterocycles. The van der Waals surface area contributed by atoms with E-state index >= 15 is 0 Å². The third-order valence-corrected chi connectivity index (χ3v) is 5.33. The molecule has 132 valence electrons. The van der Waals surface area contributed by atoms with E-state index in [-0.39, 0.29) is 35.5 Å². The molecular weight excluding hydrogens is 415 g/mol. The highest BCUT2D eigenvalue weighted by Crippen LogP contribution is 2.07. The molecule has 0 radical (unpaired) electrons. The number of nitrogens with zero attached hydrogens (tertiary/aromatic N) is 2. The molecule has 6 nitrogen and oxygen atoms in total. The smallest absolute Gasteiger partial charge is 0.191 e. The minimum Gasteiger partial charge on any atom is -0.357 e. The highest BCUT2D eigenvalue weighted by Gasteiger charge is 2.09. The van der Waals surface area contributed by atoms with Gasteiger partial charge in [0.1, 0.15) is 0 Å². The van der Waals surface area contributed by atoms with Crippen molar-refractivity contribution in [2.75, 3.05) is 50.8 Å². The third-order valence-electron chi connectivity index (χ3n) is 3.62. The summed E-state index contributed by atoms with van der Waals surface area (Å²) < 4.78 is 22.9. The summed E-state index contributed by atoms with van der Waals surface area (Å²) >= 11 is 0. The third kappa shape index (κ3) is 9.83. The molecule has 1 fully saturated rings. The van der Waals surface area contributed by atoms with Gasteiger partial charge < -0.3 is 15.5 Å². The van der Waals surface area contributed by atoms with Crippen molar-refractivity contribution in [1.29, 1.82) is 0 Å². The lowest BCUT2D eigenvalue weighted by Crippen LogP contribution is -2.40. The number of hydrogen-bond acceptors (Lipinski definition) is 4. The number of halogens is 1. The Bertz CT molecular complexity index is 409. The van der Waals surface area contributed by atoms with E-state index in [0.29, 0.717) is 12.5 Å². The maximum absolute atomic E-state index is 11.5. The van der Waals surface area contributed by atoms with Gasteiger partial charge in [0.25, 0.3) is 0 Å². The predicted molar refractivity (Wildman–Crippen MR) is 104 cm³/mol. The molecule has 0 saturated carbocycles. The fourth-order valence-electron chi connectivity index (χ4n) is 2.30. The van der Waals surface area contributed by atoms with Crippen LogP contribution in [0.5, 0.6) is 0 Å². The van der Waals surface area contributed by atoms with Crippen LogP contribution < -0.4 is 10.6 Å². The summed E-state index contributed by atoms with van der Waals surface area (Å²) in [5.74, 6) is 1.05. The van der Waals surface area contributed by atoms with E-state index in [1.165, 1.54) is 32.4 Å². The predicted octanol–water partition coefficient (Wildman–Crippen LogP) is 1.08. The van der Waals surface area contributed by atoms with E-state index < -0.39 is 9.84 Å². The molecule has 0 atom stereocenters. The Labute approximate surface area is 152 Å². The minimum atomic E-state index is -2.92. The Kier molecular flexibility index (Phi) is 12.3. The second kappa shape index (κ2) is 12.3. The van der Waals surface area contributed by atoms with Crippen LogP contribution in [0, 0.1) is 0 Å². The Balaban J connectivity index is 0.00000441. The first-order chi connectivity index (χ1) is 10.1. The molecule has 8 heteroatoms. The van der Waals surface area contributed by atoms with Crippen LogP contribution in [-0.4, -0.2) is 70.1 Å². The second-order valence-electron chi connectivity index (χ2n) is 5.33. The van der Waals surface area contributed by atoms with E-state index in [4.69, 9.17) is 0 Å². The molecule has 1 saturated heterocycles. The number of rotatable bonds is 8. The molecule has 0 aromatic rings. The van der Waals surface area contributed by atoms with E-state index in [1.807, 2.05) is 6.92 Å². The van der Waals surface area contributed by atoms with Gasteiger partial charge in [-0.2, -0.15) is 0 Å². The zero-order valence-corrected chi connectivity index (χ0v) is 17.0. The molecule has 1 aliphatic rings.